The van der Waals surface area contributed by atoms with E-state index in [0.29, 0.717) is 28.9 Å². The van der Waals surface area contributed by atoms with Crippen LogP contribution in [0.5, 0.6) is 5.75 Å². The molecule has 1 aromatic heterocycles. The first-order valence-electron chi connectivity index (χ1n) is 8.09. The number of benzene rings is 1. The largest absolute Gasteiger partial charge is 0.481 e. The van der Waals surface area contributed by atoms with Crippen molar-refractivity contribution in [3.63, 3.8) is 0 Å². The van der Waals surface area contributed by atoms with Gasteiger partial charge in [-0.25, -0.2) is 0 Å². The fourth-order valence-electron chi connectivity index (χ4n) is 2.88. The van der Waals surface area contributed by atoms with Crippen molar-refractivity contribution in [1.82, 2.24) is 15.2 Å². The Morgan fingerprint density at radius 1 is 1.36 bits per heavy atom. The van der Waals surface area contributed by atoms with Gasteiger partial charge in [0.1, 0.15) is 5.75 Å². The molecule has 1 aliphatic rings. The molecule has 0 saturated carbocycles. The second kappa shape index (κ2) is 8.04. The van der Waals surface area contributed by atoms with Gasteiger partial charge in [-0.15, -0.1) is 0 Å². The number of aromatic nitrogens is 1. The minimum absolute atomic E-state index is 0.0604. The van der Waals surface area contributed by atoms with E-state index in [1.165, 1.54) is 0 Å². The van der Waals surface area contributed by atoms with E-state index >= 15 is 0 Å². The van der Waals surface area contributed by atoms with E-state index in [4.69, 9.17) is 27.9 Å². The number of carbonyl (C=O) groups excluding carboxylic acids is 1. The molecule has 1 saturated heterocycles. The summed E-state index contributed by atoms with van der Waals surface area (Å²) in [6.07, 6.45) is 2.89. The Kier molecular flexibility index (Phi) is 5.78. The fourth-order valence-corrected chi connectivity index (χ4v) is 3.17. The zero-order valence-electron chi connectivity index (χ0n) is 13.8. The van der Waals surface area contributed by atoms with Crippen LogP contribution >= 0.6 is 23.2 Å². The van der Waals surface area contributed by atoms with Crippen LogP contribution in [-0.4, -0.2) is 41.5 Å². The Labute approximate surface area is 156 Å². The van der Waals surface area contributed by atoms with Gasteiger partial charge in [-0.1, -0.05) is 29.3 Å². The van der Waals surface area contributed by atoms with Crippen molar-refractivity contribution in [2.24, 2.45) is 0 Å². The Balaban J connectivity index is 1.74. The highest BCUT2D eigenvalue weighted by molar-refractivity contribution is 6.42. The maximum absolute atomic E-state index is 12.9. The lowest BCUT2D eigenvalue weighted by molar-refractivity contribution is -0.141. The number of halogens is 2. The fraction of sp³-hybridized carbons (Fsp3) is 0.333. The first-order valence-corrected chi connectivity index (χ1v) is 8.84. The second-order valence-corrected chi connectivity index (χ2v) is 6.69. The number of ether oxygens (including phenoxy) is 1. The lowest BCUT2D eigenvalue weighted by Gasteiger charge is -2.37. The van der Waals surface area contributed by atoms with Crippen LogP contribution in [0.3, 0.4) is 0 Å². The zero-order valence-corrected chi connectivity index (χ0v) is 15.3. The van der Waals surface area contributed by atoms with Crippen molar-refractivity contribution >= 4 is 29.1 Å². The number of hydrogen-bond acceptors (Lipinski definition) is 4. The summed E-state index contributed by atoms with van der Waals surface area (Å²) >= 11 is 11.9. The van der Waals surface area contributed by atoms with Gasteiger partial charge in [0.25, 0.3) is 5.91 Å². The summed E-state index contributed by atoms with van der Waals surface area (Å²) < 4.78 is 5.78. The predicted octanol–water partition coefficient (Wildman–Crippen LogP) is 3.33. The average molecular weight is 380 g/mol. The van der Waals surface area contributed by atoms with E-state index in [1.807, 2.05) is 17.0 Å². The number of nitrogens with one attached hydrogen (secondary N) is 1. The molecule has 0 radical (unpaired) electrons. The van der Waals surface area contributed by atoms with Crippen molar-refractivity contribution in [2.75, 3.05) is 19.6 Å². The van der Waals surface area contributed by atoms with Gasteiger partial charge in [0, 0.05) is 38.1 Å². The molecule has 2 aromatic rings. The van der Waals surface area contributed by atoms with E-state index in [9.17, 15) is 4.79 Å². The molecule has 7 heteroatoms. The summed E-state index contributed by atoms with van der Waals surface area (Å²) in [7, 11) is 0. The number of hydrogen-bond donors (Lipinski definition) is 1. The quantitative estimate of drug-likeness (QED) is 0.884. The number of nitrogens with zero attached hydrogens (tertiary/aromatic N) is 2. The third-order valence-corrected chi connectivity index (χ3v) is 4.89. The van der Waals surface area contributed by atoms with Crippen molar-refractivity contribution in [2.45, 2.75) is 19.1 Å². The van der Waals surface area contributed by atoms with Crippen LogP contribution in [0.25, 0.3) is 0 Å². The van der Waals surface area contributed by atoms with Crippen LogP contribution in [0.4, 0.5) is 0 Å². The number of carbonyl (C=O) groups is 1. The van der Waals surface area contributed by atoms with Gasteiger partial charge < -0.3 is 15.0 Å². The number of piperazine rings is 1. The molecule has 2 atom stereocenters. The number of rotatable bonds is 4. The normalized spacial score (nSPS) is 18.7. The maximum atomic E-state index is 12.9. The first kappa shape index (κ1) is 18.0. The average Bonchev–Trinajstić information content (AvgIpc) is 2.65. The highest BCUT2D eigenvalue weighted by atomic mass is 35.5. The summed E-state index contributed by atoms with van der Waals surface area (Å²) in [5.74, 6) is 0.449. The van der Waals surface area contributed by atoms with Crippen LogP contribution in [0.15, 0.2) is 42.7 Å². The van der Waals surface area contributed by atoms with Crippen LogP contribution < -0.4 is 10.1 Å². The minimum atomic E-state index is -0.630. The molecule has 2 heterocycles. The Morgan fingerprint density at radius 3 is 2.92 bits per heavy atom. The Morgan fingerprint density at radius 2 is 2.20 bits per heavy atom. The SMILES string of the molecule is CC(Oc1ccc(Cl)c(Cl)c1)C(=O)N1CCNCC1c1cccnc1. The Hall–Kier alpha value is -1.82. The molecular formula is C18H19Cl2N3O2. The zero-order chi connectivity index (χ0) is 17.8. The van der Waals surface area contributed by atoms with Gasteiger partial charge in [0.15, 0.2) is 6.10 Å². The number of pyridine rings is 1. The highest BCUT2D eigenvalue weighted by Gasteiger charge is 2.31. The smallest absolute Gasteiger partial charge is 0.263 e. The van der Waals surface area contributed by atoms with Crippen molar-refractivity contribution < 1.29 is 9.53 Å². The molecule has 132 valence electrons. The Bertz CT molecular complexity index is 742. The predicted molar refractivity (Wildman–Crippen MR) is 98.1 cm³/mol. The van der Waals surface area contributed by atoms with Gasteiger partial charge in [0.05, 0.1) is 16.1 Å². The van der Waals surface area contributed by atoms with Crippen LogP contribution in [0.2, 0.25) is 10.0 Å². The monoisotopic (exact) mass is 379 g/mol. The van der Waals surface area contributed by atoms with Crippen LogP contribution in [0.1, 0.15) is 18.5 Å². The van der Waals surface area contributed by atoms with E-state index in [2.05, 4.69) is 10.3 Å². The molecule has 1 aromatic carbocycles. The first-order chi connectivity index (χ1) is 12.1. The lowest BCUT2D eigenvalue weighted by Crippen LogP contribution is -2.52. The third-order valence-electron chi connectivity index (χ3n) is 4.15. The van der Waals surface area contributed by atoms with Gasteiger partial charge in [-0.3, -0.25) is 9.78 Å². The molecule has 1 N–H and O–H groups in total. The molecule has 25 heavy (non-hydrogen) atoms. The van der Waals surface area contributed by atoms with E-state index in [-0.39, 0.29) is 11.9 Å². The van der Waals surface area contributed by atoms with Gasteiger partial charge in [-0.2, -0.15) is 0 Å². The molecule has 0 spiro atoms. The van der Waals surface area contributed by atoms with E-state index in [0.717, 1.165) is 12.1 Å². The molecule has 0 bridgehead atoms. The lowest BCUT2D eigenvalue weighted by atomic mass is 10.0. The molecule has 0 aliphatic carbocycles. The number of amides is 1. The molecule has 3 rings (SSSR count). The van der Waals surface area contributed by atoms with Crippen molar-refractivity contribution in [1.29, 1.82) is 0 Å². The van der Waals surface area contributed by atoms with Crippen molar-refractivity contribution in [3.05, 3.63) is 58.3 Å². The van der Waals surface area contributed by atoms with E-state index < -0.39 is 6.10 Å². The molecule has 2 unspecified atom stereocenters. The molecule has 1 fully saturated rings. The second-order valence-electron chi connectivity index (χ2n) is 5.87. The van der Waals surface area contributed by atoms with Crippen LogP contribution in [0, 0.1) is 0 Å². The third kappa shape index (κ3) is 4.24. The topological polar surface area (TPSA) is 54.5 Å². The summed E-state index contributed by atoms with van der Waals surface area (Å²) in [5.41, 5.74) is 1.00. The maximum Gasteiger partial charge on any atom is 0.263 e. The van der Waals surface area contributed by atoms with Gasteiger partial charge in [-0.05, 0) is 30.7 Å². The molecule has 1 amide bonds. The van der Waals surface area contributed by atoms with Gasteiger partial charge in [0.2, 0.25) is 0 Å². The standard InChI is InChI=1S/C18H19Cl2N3O2/c1-12(25-14-4-5-15(19)16(20)9-14)18(24)23-8-7-22-11-17(23)13-3-2-6-21-10-13/h2-6,9-10,12,17,22H,7-8,11H2,1H3. The molecule has 1 aliphatic heterocycles. The van der Waals surface area contributed by atoms with E-state index in [1.54, 1.807) is 37.5 Å². The highest BCUT2D eigenvalue weighted by Crippen LogP contribution is 2.28. The summed E-state index contributed by atoms with van der Waals surface area (Å²) in [6.45, 7) is 3.81. The van der Waals surface area contributed by atoms with Gasteiger partial charge >= 0.3 is 0 Å². The van der Waals surface area contributed by atoms with Crippen molar-refractivity contribution in [3.8, 4) is 5.75 Å². The minimum Gasteiger partial charge on any atom is -0.481 e. The molecule has 5 nitrogen and oxygen atoms in total. The summed E-state index contributed by atoms with van der Waals surface area (Å²) in [6, 6.07) is 8.77. The van der Waals surface area contributed by atoms with Crippen LogP contribution in [-0.2, 0) is 4.79 Å². The molecular weight excluding hydrogens is 361 g/mol. The summed E-state index contributed by atoms with van der Waals surface area (Å²) in [5, 5.41) is 4.17. The summed E-state index contributed by atoms with van der Waals surface area (Å²) in [4.78, 5) is 18.9.